The van der Waals surface area contributed by atoms with E-state index in [1.807, 2.05) is 45.0 Å². The number of halogens is 1. The van der Waals surface area contributed by atoms with E-state index in [2.05, 4.69) is 0 Å². The van der Waals surface area contributed by atoms with Gasteiger partial charge in [-0.1, -0.05) is 53.6 Å². The standard InChI is InChI=1S/C25H25ClN2O3S/c1-17-8-12-22(13-9-17)32(30,31)27(24-15-21(26)11-10-18(24)2)16-25(29)28-19(3)14-20-6-4-5-7-23(20)28/h4-13,15,19H,14,16H2,1-3H3/t19-/m0/s1. The monoisotopic (exact) mass is 468 g/mol. The number of benzene rings is 3. The molecule has 166 valence electrons. The molecule has 0 saturated heterocycles. The van der Waals surface area contributed by atoms with Crippen molar-refractivity contribution >= 4 is 38.9 Å². The summed E-state index contributed by atoms with van der Waals surface area (Å²) in [5.41, 5.74) is 3.98. The number of sulfonamides is 1. The minimum atomic E-state index is -4.00. The normalized spacial score (nSPS) is 15.5. The molecule has 4 rings (SSSR count). The maximum atomic E-state index is 13.7. The fraction of sp³-hybridized carbons (Fsp3) is 0.240. The molecule has 0 spiro atoms. The van der Waals surface area contributed by atoms with Gasteiger partial charge in [0, 0.05) is 16.8 Å². The maximum Gasteiger partial charge on any atom is 0.264 e. The van der Waals surface area contributed by atoms with Crippen LogP contribution in [0.5, 0.6) is 0 Å². The highest BCUT2D eigenvalue weighted by Gasteiger charge is 2.35. The van der Waals surface area contributed by atoms with Crippen LogP contribution in [0.2, 0.25) is 5.02 Å². The minimum Gasteiger partial charge on any atom is -0.307 e. The molecule has 1 heterocycles. The molecule has 3 aromatic carbocycles. The van der Waals surface area contributed by atoms with Crippen LogP contribution in [0.25, 0.3) is 0 Å². The molecule has 7 heteroatoms. The van der Waals surface area contributed by atoms with Crippen LogP contribution in [0, 0.1) is 13.8 Å². The molecule has 3 aromatic rings. The molecule has 0 fully saturated rings. The van der Waals surface area contributed by atoms with Crippen molar-refractivity contribution < 1.29 is 13.2 Å². The Balaban J connectivity index is 1.77. The Kier molecular flexibility index (Phi) is 6.01. The Morgan fingerprint density at radius 3 is 2.47 bits per heavy atom. The van der Waals surface area contributed by atoms with Crippen molar-refractivity contribution in [1.29, 1.82) is 0 Å². The van der Waals surface area contributed by atoms with Crippen LogP contribution >= 0.6 is 11.6 Å². The van der Waals surface area contributed by atoms with Crippen molar-refractivity contribution in [1.82, 2.24) is 0 Å². The van der Waals surface area contributed by atoms with Crippen molar-refractivity contribution in [2.45, 2.75) is 38.1 Å². The lowest BCUT2D eigenvalue weighted by Gasteiger charge is -2.29. The summed E-state index contributed by atoms with van der Waals surface area (Å²) in [6.07, 6.45) is 0.739. The van der Waals surface area contributed by atoms with Crippen molar-refractivity contribution in [2.75, 3.05) is 15.7 Å². The summed E-state index contributed by atoms with van der Waals surface area (Å²) >= 11 is 6.21. The number of carbonyl (C=O) groups is 1. The third-order valence-corrected chi connectivity index (χ3v) is 7.81. The molecule has 0 bridgehead atoms. The van der Waals surface area contributed by atoms with Gasteiger partial charge in [-0.2, -0.15) is 0 Å². The summed E-state index contributed by atoms with van der Waals surface area (Å²) in [6, 6.07) is 19.4. The lowest BCUT2D eigenvalue weighted by atomic mass is 10.1. The van der Waals surface area contributed by atoms with Crippen molar-refractivity contribution in [3.8, 4) is 0 Å². The summed E-state index contributed by atoms with van der Waals surface area (Å²) < 4.78 is 28.6. The summed E-state index contributed by atoms with van der Waals surface area (Å²) in [5, 5.41) is 0.405. The Morgan fingerprint density at radius 2 is 1.75 bits per heavy atom. The van der Waals surface area contributed by atoms with Gasteiger partial charge in [0.15, 0.2) is 0 Å². The second-order valence-corrected chi connectivity index (χ2v) is 10.5. The van der Waals surface area contributed by atoms with Crippen LogP contribution in [0.4, 0.5) is 11.4 Å². The molecule has 0 radical (unpaired) electrons. The number of hydrogen-bond donors (Lipinski definition) is 0. The van der Waals surface area contributed by atoms with E-state index in [4.69, 9.17) is 11.6 Å². The van der Waals surface area contributed by atoms with Gasteiger partial charge in [-0.3, -0.25) is 9.10 Å². The van der Waals surface area contributed by atoms with Gasteiger partial charge >= 0.3 is 0 Å². The van der Waals surface area contributed by atoms with Crippen molar-refractivity contribution in [3.63, 3.8) is 0 Å². The Hall–Kier alpha value is -2.83. The molecule has 0 N–H and O–H groups in total. The van der Waals surface area contributed by atoms with Gasteiger partial charge in [0.2, 0.25) is 5.91 Å². The average Bonchev–Trinajstić information content (AvgIpc) is 3.09. The molecule has 5 nitrogen and oxygen atoms in total. The molecule has 32 heavy (non-hydrogen) atoms. The zero-order valence-corrected chi connectivity index (χ0v) is 19.8. The summed E-state index contributed by atoms with van der Waals surface area (Å²) in [5.74, 6) is -0.280. The number of amides is 1. The van der Waals surface area contributed by atoms with E-state index in [0.29, 0.717) is 16.3 Å². The fourth-order valence-electron chi connectivity index (χ4n) is 4.13. The molecule has 0 aromatic heterocycles. The Bertz CT molecular complexity index is 1270. The number of nitrogens with zero attached hydrogens (tertiary/aromatic N) is 2. The number of carbonyl (C=O) groups excluding carboxylic acids is 1. The van der Waals surface area contributed by atoms with Gasteiger partial charge in [-0.05, 0) is 68.7 Å². The largest absolute Gasteiger partial charge is 0.307 e. The van der Waals surface area contributed by atoms with Gasteiger partial charge in [0.25, 0.3) is 10.0 Å². The molecule has 0 aliphatic carbocycles. The summed E-state index contributed by atoms with van der Waals surface area (Å²) in [7, 11) is -4.00. The molecule has 0 saturated carbocycles. The second-order valence-electron chi connectivity index (χ2n) is 8.20. The third-order valence-electron chi connectivity index (χ3n) is 5.80. The van der Waals surface area contributed by atoms with E-state index in [1.165, 1.54) is 4.31 Å². The molecule has 1 amide bonds. The smallest absolute Gasteiger partial charge is 0.264 e. The molecule has 0 unspecified atom stereocenters. The quantitative estimate of drug-likeness (QED) is 0.521. The number of fused-ring (bicyclic) bond motifs is 1. The highest BCUT2D eigenvalue weighted by molar-refractivity contribution is 7.92. The first-order valence-electron chi connectivity index (χ1n) is 10.4. The second kappa shape index (κ2) is 8.60. The first-order valence-corrected chi connectivity index (χ1v) is 12.3. The van der Waals surface area contributed by atoms with Gasteiger partial charge in [-0.25, -0.2) is 8.42 Å². The van der Waals surface area contributed by atoms with Crippen molar-refractivity contribution in [2.24, 2.45) is 0 Å². The lowest BCUT2D eigenvalue weighted by molar-refractivity contribution is -0.117. The first kappa shape index (κ1) is 22.4. The highest BCUT2D eigenvalue weighted by Crippen LogP contribution is 2.34. The van der Waals surface area contributed by atoms with Crippen molar-refractivity contribution in [3.05, 3.63) is 88.4 Å². The SMILES string of the molecule is Cc1ccc(S(=O)(=O)N(CC(=O)N2c3ccccc3C[C@@H]2C)c2cc(Cl)ccc2C)cc1. The highest BCUT2D eigenvalue weighted by atomic mass is 35.5. The Morgan fingerprint density at radius 1 is 1.06 bits per heavy atom. The molecule has 1 aliphatic heterocycles. The van der Waals surface area contributed by atoms with Gasteiger partial charge in [0.05, 0.1) is 10.6 Å². The zero-order valence-electron chi connectivity index (χ0n) is 18.2. The van der Waals surface area contributed by atoms with Crippen LogP contribution in [0.3, 0.4) is 0 Å². The maximum absolute atomic E-state index is 13.7. The number of aryl methyl sites for hydroxylation is 2. The summed E-state index contributed by atoms with van der Waals surface area (Å²) in [6.45, 7) is 5.35. The number of anilines is 2. The first-order chi connectivity index (χ1) is 15.2. The zero-order chi connectivity index (χ0) is 23.0. The predicted octanol–water partition coefficient (Wildman–Crippen LogP) is 5.13. The lowest BCUT2D eigenvalue weighted by Crippen LogP contribution is -2.45. The van der Waals surface area contributed by atoms with Gasteiger partial charge in [0.1, 0.15) is 6.54 Å². The van der Waals surface area contributed by atoms with E-state index in [-0.39, 0.29) is 23.4 Å². The number of rotatable bonds is 5. The van der Waals surface area contributed by atoms with Crippen LogP contribution < -0.4 is 9.21 Å². The van der Waals surface area contributed by atoms with Crippen LogP contribution in [-0.2, 0) is 21.2 Å². The van der Waals surface area contributed by atoms with E-state index in [9.17, 15) is 13.2 Å². The van der Waals surface area contributed by atoms with Gasteiger partial charge < -0.3 is 4.90 Å². The van der Waals surface area contributed by atoms with Crippen LogP contribution in [-0.4, -0.2) is 26.9 Å². The molecular weight excluding hydrogens is 444 g/mol. The van der Waals surface area contributed by atoms with Gasteiger partial charge in [-0.15, -0.1) is 0 Å². The number of para-hydroxylation sites is 1. The molecule has 1 atom stereocenters. The Labute approximate surface area is 194 Å². The van der Waals surface area contributed by atoms with Crippen LogP contribution in [0.1, 0.15) is 23.6 Å². The fourth-order valence-corrected chi connectivity index (χ4v) is 5.77. The topological polar surface area (TPSA) is 57.7 Å². The van der Waals surface area contributed by atoms with E-state index in [0.717, 1.165) is 23.2 Å². The predicted molar refractivity (Wildman–Crippen MR) is 129 cm³/mol. The van der Waals surface area contributed by atoms with E-state index in [1.54, 1.807) is 47.4 Å². The average molecular weight is 469 g/mol. The molecule has 1 aliphatic rings. The van der Waals surface area contributed by atoms with E-state index < -0.39 is 10.0 Å². The third kappa shape index (κ3) is 4.12. The van der Waals surface area contributed by atoms with Crippen LogP contribution in [0.15, 0.2) is 71.6 Å². The summed E-state index contributed by atoms with van der Waals surface area (Å²) in [4.78, 5) is 15.3. The van der Waals surface area contributed by atoms with E-state index >= 15 is 0 Å². The minimum absolute atomic E-state index is 0.0516. The number of hydrogen-bond acceptors (Lipinski definition) is 3. The molecular formula is C25H25ClN2O3S.